The average molecular weight is 422 g/mol. The van der Waals surface area contributed by atoms with Crippen LogP contribution in [0.4, 0.5) is 14.5 Å². The summed E-state index contributed by atoms with van der Waals surface area (Å²) in [5.74, 6) is -0.879. The standard InChI is InChI=1S/C24H24F2N4O/c1-16-11-18(25)12-22-21(16)13-19(28-24(22)31)3-2-6-29-7-9-30(10-8-29)20-5-4-17(15-27)23(26)14-20/h4-5,11-14H,2-3,6-10H2,1H3,(H,28,31). The highest BCUT2D eigenvalue weighted by Gasteiger charge is 2.18. The number of hydrogen-bond acceptors (Lipinski definition) is 4. The lowest BCUT2D eigenvalue weighted by Gasteiger charge is -2.36. The van der Waals surface area contributed by atoms with Crippen LogP contribution < -0.4 is 10.5 Å². The first kappa shape index (κ1) is 21.0. The fourth-order valence-corrected chi connectivity index (χ4v) is 4.21. The number of H-pyrrole nitrogens is 1. The molecule has 1 aromatic heterocycles. The summed E-state index contributed by atoms with van der Waals surface area (Å²) in [5.41, 5.74) is 2.24. The molecule has 4 rings (SSSR count). The maximum atomic E-state index is 13.9. The zero-order valence-electron chi connectivity index (χ0n) is 17.4. The van der Waals surface area contributed by atoms with Crippen LogP contribution in [0.1, 0.15) is 23.2 Å². The number of pyridine rings is 1. The van der Waals surface area contributed by atoms with Crippen molar-refractivity contribution >= 4 is 16.5 Å². The van der Waals surface area contributed by atoms with Crippen LogP contribution in [0, 0.1) is 29.9 Å². The lowest BCUT2D eigenvalue weighted by Crippen LogP contribution is -2.46. The molecule has 0 aliphatic carbocycles. The predicted molar refractivity (Wildman–Crippen MR) is 117 cm³/mol. The number of halogens is 2. The molecule has 1 fully saturated rings. The minimum Gasteiger partial charge on any atom is -0.369 e. The van der Waals surface area contributed by atoms with Crippen molar-refractivity contribution in [1.82, 2.24) is 9.88 Å². The number of anilines is 1. The Labute approximate surface area is 179 Å². The van der Waals surface area contributed by atoms with E-state index in [-0.39, 0.29) is 11.1 Å². The van der Waals surface area contributed by atoms with Crippen molar-refractivity contribution in [3.63, 3.8) is 0 Å². The van der Waals surface area contributed by atoms with Gasteiger partial charge in [-0.05, 0) is 73.7 Å². The number of aryl methyl sites for hydroxylation is 2. The van der Waals surface area contributed by atoms with E-state index in [0.717, 1.165) is 67.9 Å². The number of nitrogens with one attached hydrogen (secondary N) is 1. The van der Waals surface area contributed by atoms with Crippen LogP contribution in [-0.2, 0) is 6.42 Å². The van der Waals surface area contributed by atoms with Crippen molar-refractivity contribution in [3.8, 4) is 6.07 Å². The van der Waals surface area contributed by atoms with Gasteiger partial charge in [0.2, 0.25) is 0 Å². The van der Waals surface area contributed by atoms with E-state index in [1.807, 2.05) is 19.1 Å². The van der Waals surface area contributed by atoms with Crippen molar-refractivity contribution in [1.29, 1.82) is 5.26 Å². The highest BCUT2D eigenvalue weighted by Crippen LogP contribution is 2.21. The number of nitriles is 1. The Kier molecular flexibility index (Phi) is 6.01. The zero-order valence-corrected chi connectivity index (χ0v) is 17.4. The third-order valence-electron chi connectivity index (χ3n) is 5.92. The van der Waals surface area contributed by atoms with Crippen molar-refractivity contribution in [2.45, 2.75) is 19.8 Å². The Morgan fingerprint density at radius 1 is 1.06 bits per heavy atom. The predicted octanol–water partition coefficient (Wildman–Crippen LogP) is 3.74. The maximum Gasteiger partial charge on any atom is 0.256 e. The Morgan fingerprint density at radius 3 is 2.55 bits per heavy atom. The van der Waals surface area contributed by atoms with Gasteiger partial charge in [-0.3, -0.25) is 9.69 Å². The van der Waals surface area contributed by atoms with E-state index in [1.165, 1.54) is 24.3 Å². The number of nitrogens with zero attached hydrogens (tertiary/aromatic N) is 3. The minimum atomic E-state index is -0.482. The number of benzene rings is 2. The van der Waals surface area contributed by atoms with Gasteiger partial charge in [0.15, 0.2) is 0 Å². The summed E-state index contributed by atoms with van der Waals surface area (Å²) < 4.78 is 27.5. The number of piperazine rings is 1. The molecule has 5 nitrogen and oxygen atoms in total. The van der Waals surface area contributed by atoms with Crippen LogP contribution in [0.15, 0.2) is 41.2 Å². The van der Waals surface area contributed by atoms with Gasteiger partial charge in [-0.15, -0.1) is 0 Å². The lowest BCUT2D eigenvalue weighted by molar-refractivity contribution is 0.255. The summed E-state index contributed by atoms with van der Waals surface area (Å²) in [6.07, 6.45) is 1.64. The van der Waals surface area contributed by atoms with E-state index in [4.69, 9.17) is 5.26 Å². The molecule has 160 valence electrons. The average Bonchev–Trinajstić information content (AvgIpc) is 2.75. The quantitative estimate of drug-likeness (QED) is 0.680. The van der Waals surface area contributed by atoms with Crippen LogP contribution in [0.5, 0.6) is 0 Å². The van der Waals surface area contributed by atoms with Gasteiger partial charge in [0.1, 0.15) is 17.7 Å². The number of aromatic nitrogens is 1. The van der Waals surface area contributed by atoms with Crippen molar-refractivity contribution < 1.29 is 8.78 Å². The highest BCUT2D eigenvalue weighted by molar-refractivity contribution is 5.85. The Hall–Kier alpha value is -3.24. The third-order valence-corrected chi connectivity index (χ3v) is 5.92. The molecule has 0 spiro atoms. The van der Waals surface area contributed by atoms with Gasteiger partial charge in [0.05, 0.1) is 10.9 Å². The van der Waals surface area contributed by atoms with Crippen molar-refractivity contribution in [2.24, 2.45) is 0 Å². The second kappa shape index (κ2) is 8.86. The number of hydrogen-bond donors (Lipinski definition) is 1. The van der Waals surface area contributed by atoms with Crippen LogP contribution >= 0.6 is 0 Å². The number of aromatic amines is 1. The van der Waals surface area contributed by atoms with Crippen molar-refractivity contribution in [2.75, 3.05) is 37.6 Å². The topological polar surface area (TPSA) is 63.1 Å². The van der Waals surface area contributed by atoms with Gasteiger partial charge in [-0.2, -0.15) is 5.26 Å². The van der Waals surface area contributed by atoms with E-state index in [2.05, 4.69) is 14.8 Å². The summed E-state index contributed by atoms with van der Waals surface area (Å²) in [5, 5.41) is 10.0. The molecule has 1 aliphatic rings. The fraction of sp³-hybridized carbons (Fsp3) is 0.333. The van der Waals surface area contributed by atoms with Gasteiger partial charge in [0, 0.05) is 37.6 Å². The molecule has 1 saturated heterocycles. The van der Waals surface area contributed by atoms with Crippen LogP contribution in [0.2, 0.25) is 0 Å². The second-order valence-corrected chi connectivity index (χ2v) is 8.02. The van der Waals surface area contributed by atoms with Gasteiger partial charge in [-0.25, -0.2) is 8.78 Å². The molecule has 1 N–H and O–H groups in total. The molecule has 0 amide bonds. The SMILES string of the molecule is Cc1cc(F)cc2c(=O)[nH]c(CCCN3CCN(c4ccc(C#N)c(F)c4)CC3)cc12. The van der Waals surface area contributed by atoms with Gasteiger partial charge in [-0.1, -0.05) is 0 Å². The van der Waals surface area contributed by atoms with Crippen LogP contribution in [0.3, 0.4) is 0 Å². The molecule has 1 aliphatic heterocycles. The fourth-order valence-electron chi connectivity index (χ4n) is 4.21. The maximum absolute atomic E-state index is 13.9. The van der Waals surface area contributed by atoms with E-state index in [1.54, 1.807) is 6.07 Å². The van der Waals surface area contributed by atoms with Gasteiger partial charge >= 0.3 is 0 Å². The molecular formula is C24H24F2N4O. The van der Waals surface area contributed by atoms with E-state index in [0.29, 0.717) is 5.39 Å². The van der Waals surface area contributed by atoms with Gasteiger partial charge < -0.3 is 9.88 Å². The molecule has 31 heavy (non-hydrogen) atoms. The molecule has 0 saturated carbocycles. The van der Waals surface area contributed by atoms with Crippen LogP contribution in [-0.4, -0.2) is 42.6 Å². The summed E-state index contributed by atoms with van der Waals surface area (Å²) in [6.45, 7) is 6.04. The van der Waals surface area contributed by atoms with E-state index in [9.17, 15) is 13.6 Å². The molecule has 2 heterocycles. The minimum absolute atomic E-state index is 0.0643. The molecule has 7 heteroatoms. The number of rotatable bonds is 5. The molecule has 0 bridgehead atoms. The van der Waals surface area contributed by atoms with Crippen LogP contribution in [0.25, 0.3) is 10.8 Å². The Bertz CT molecular complexity index is 1210. The Morgan fingerprint density at radius 2 is 1.84 bits per heavy atom. The first-order valence-electron chi connectivity index (χ1n) is 10.4. The first-order valence-corrected chi connectivity index (χ1v) is 10.4. The normalized spacial score (nSPS) is 14.7. The summed E-state index contributed by atoms with van der Waals surface area (Å²) in [7, 11) is 0. The van der Waals surface area contributed by atoms with E-state index >= 15 is 0 Å². The Balaban J connectivity index is 1.32. The summed E-state index contributed by atoms with van der Waals surface area (Å²) >= 11 is 0. The summed E-state index contributed by atoms with van der Waals surface area (Å²) in [4.78, 5) is 19.7. The highest BCUT2D eigenvalue weighted by atomic mass is 19.1. The molecule has 0 radical (unpaired) electrons. The molecular weight excluding hydrogens is 398 g/mol. The number of fused-ring (bicyclic) bond motifs is 1. The smallest absolute Gasteiger partial charge is 0.256 e. The first-order chi connectivity index (χ1) is 14.9. The second-order valence-electron chi connectivity index (χ2n) is 8.02. The monoisotopic (exact) mass is 422 g/mol. The molecule has 0 atom stereocenters. The summed E-state index contributed by atoms with van der Waals surface area (Å²) in [6, 6.07) is 11.3. The molecule has 2 aromatic carbocycles. The van der Waals surface area contributed by atoms with E-state index < -0.39 is 11.6 Å². The van der Waals surface area contributed by atoms with Gasteiger partial charge in [0.25, 0.3) is 5.56 Å². The largest absolute Gasteiger partial charge is 0.369 e. The molecule has 0 unspecified atom stereocenters. The van der Waals surface area contributed by atoms with Crippen molar-refractivity contribution in [3.05, 3.63) is 75.2 Å². The third kappa shape index (κ3) is 4.59. The zero-order chi connectivity index (χ0) is 22.0. The lowest BCUT2D eigenvalue weighted by atomic mass is 10.0. The molecule has 3 aromatic rings.